The maximum absolute atomic E-state index is 15.2. The van der Waals surface area contributed by atoms with E-state index in [1.807, 2.05) is 6.08 Å². The molecule has 4 heterocycles. The molecule has 9 nitrogen and oxygen atoms in total. The maximum Gasteiger partial charge on any atom is 0.273 e. The lowest BCUT2D eigenvalue weighted by atomic mass is 10.0. The molecule has 0 N–H and O–H groups in total. The summed E-state index contributed by atoms with van der Waals surface area (Å²) in [6, 6.07) is 3.33. The molecule has 0 aromatic carbocycles. The smallest absolute Gasteiger partial charge is 0.273 e. The first kappa shape index (κ1) is 19.7. The van der Waals surface area contributed by atoms with Crippen LogP contribution in [0.25, 0.3) is 11.2 Å². The number of rotatable bonds is 5. The van der Waals surface area contributed by atoms with Crippen molar-refractivity contribution in [1.82, 2.24) is 34.2 Å². The van der Waals surface area contributed by atoms with Crippen molar-refractivity contribution in [3.05, 3.63) is 54.0 Å². The third kappa shape index (κ3) is 3.80. The lowest BCUT2D eigenvalue weighted by Crippen LogP contribution is -2.36. The fraction of sp³-hybridized carbons (Fsp3) is 0.350. The summed E-state index contributed by atoms with van der Waals surface area (Å²) < 4.78 is 18.1. The number of aromatic nitrogens is 5. The fourth-order valence-electron chi connectivity index (χ4n) is 3.47. The normalized spacial score (nSPS) is 14.1. The van der Waals surface area contributed by atoms with Crippen molar-refractivity contribution in [3.63, 3.8) is 0 Å². The van der Waals surface area contributed by atoms with Gasteiger partial charge in [0.05, 0.1) is 12.7 Å². The first-order chi connectivity index (χ1) is 14.4. The number of aryl methyl sites for hydroxylation is 1. The van der Waals surface area contributed by atoms with Gasteiger partial charge in [-0.2, -0.15) is 4.39 Å². The van der Waals surface area contributed by atoms with E-state index in [9.17, 15) is 9.59 Å². The SMILES string of the molecule is CN(C)C(=O)c1cn2c(F)c(C3=CCCN(C(=O)CCn4ccnn4)C3)ccc2n1. The van der Waals surface area contributed by atoms with Crippen LogP contribution in [-0.2, 0) is 11.3 Å². The molecule has 0 fully saturated rings. The molecule has 156 valence electrons. The van der Waals surface area contributed by atoms with Gasteiger partial charge in [0, 0.05) is 51.6 Å². The first-order valence-corrected chi connectivity index (χ1v) is 9.64. The molecule has 0 aliphatic carbocycles. The Morgan fingerprint density at radius 3 is 2.83 bits per heavy atom. The van der Waals surface area contributed by atoms with Crippen LogP contribution in [0.3, 0.4) is 0 Å². The summed E-state index contributed by atoms with van der Waals surface area (Å²) in [5, 5.41) is 7.59. The average Bonchev–Trinajstić information content (AvgIpc) is 3.42. The van der Waals surface area contributed by atoms with Crippen LogP contribution in [0.4, 0.5) is 4.39 Å². The van der Waals surface area contributed by atoms with Gasteiger partial charge < -0.3 is 9.80 Å². The summed E-state index contributed by atoms with van der Waals surface area (Å²) >= 11 is 0. The van der Waals surface area contributed by atoms with Gasteiger partial charge in [-0.1, -0.05) is 11.3 Å². The molecule has 2 amide bonds. The van der Waals surface area contributed by atoms with Gasteiger partial charge in [-0.05, 0) is 24.1 Å². The molecule has 3 aromatic rings. The van der Waals surface area contributed by atoms with E-state index in [-0.39, 0.29) is 17.5 Å². The second kappa shape index (κ2) is 8.05. The molecule has 30 heavy (non-hydrogen) atoms. The van der Waals surface area contributed by atoms with Gasteiger partial charge in [0.15, 0.2) is 0 Å². The molecule has 3 aromatic heterocycles. The Hall–Kier alpha value is -3.56. The molecule has 10 heteroatoms. The van der Waals surface area contributed by atoms with Gasteiger partial charge in [-0.3, -0.25) is 18.7 Å². The molecule has 1 aliphatic rings. The van der Waals surface area contributed by atoms with Crippen molar-refractivity contribution in [2.24, 2.45) is 0 Å². The van der Waals surface area contributed by atoms with E-state index in [1.54, 1.807) is 48.2 Å². The van der Waals surface area contributed by atoms with Gasteiger partial charge in [-0.15, -0.1) is 5.10 Å². The molecule has 0 radical (unpaired) electrons. The third-order valence-corrected chi connectivity index (χ3v) is 5.07. The van der Waals surface area contributed by atoms with E-state index in [0.29, 0.717) is 43.7 Å². The Balaban J connectivity index is 1.53. The molecule has 0 spiro atoms. The van der Waals surface area contributed by atoms with Crippen LogP contribution < -0.4 is 0 Å². The van der Waals surface area contributed by atoms with E-state index < -0.39 is 5.95 Å². The van der Waals surface area contributed by atoms with E-state index in [0.717, 1.165) is 5.57 Å². The Kier molecular flexibility index (Phi) is 5.30. The molecule has 0 saturated heterocycles. The minimum Gasteiger partial charge on any atom is -0.343 e. The number of fused-ring (bicyclic) bond motifs is 1. The van der Waals surface area contributed by atoms with Gasteiger partial charge in [0.1, 0.15) is 11.3 Å². The molecular formula is C20H22FN7O2. The number of carbonyl (C=O) groups excluding carboxylic acids is 2. The highest BCUT2D eigenvalue weighted by Crippen LogP contribution is 2.25. The zero-order valence-corrected chi connectivity index (χ0v) is 16.8. The highest BCUT2D eigenvalue weighted by Gasteiger charge is 2.22. The summed E-state index contributed by atoms with van der Waals surface area (Å²) in [5.41, 5.74) is 1.68. The van der Waals surface area contributed by atoms with Crippen molar-refractivity contribution in [3.8, 4) is 0 Å². The number of pyridine rings is 1. The minimum absolute atomic E-state index is 0.0147. The lowest BCUT2D eigenvalue weighted by molar-refractivity contribution is -0.131. The zero-order chi connectivity index (χ0) is 21.3. The average molecular weight is 411 g/mol. The quantitative estimate of drug-likeness (QED) is 0.594. The molecule has 0 bridgehead atoms. The number of nitrogens with zero attached hydrogens (tertiary/aromatic N) is 7. The van der Waals surface area contributed by atoms with Crippen LogP contribution in [0.1, 0.15) is 28.9 Å². The largest absolute Gasteiger partial charge is 0.343 e. The summed E-state index contributed by atoms with van der Waals surface area (Å²) in [5.74, 6) is -0.805. The van der Waals surface area contributed by atoms with E-state index in [1.165, 1.54) is 15.5 Å². The lowest BCUT2D eigenvalue weighted by Gasteiger charge is -2.28. The number of imidazole rings is 1. The van der Waals surface area contributed by atoms with Gasteiger partial charge in [-0.25, -0.2) is 4.98 Å². The van der Waals surface area contributed by atoms with Gasteiger partial charge in [0.2, 0.25) is 11.9 Å². The Morgan fingerprint density at radius 2 is 2.10 bits per heavy atom. The molecule has 1 aliphatic heterocycles. The third-order valence-electron chi connectivity index (χ3n) is 5.07. The van der Waals surface area contributed by atoms with Crippen LogP contribution in [0, 0.1) is 5.95 Å². The summed E-state index contributed by atoms with van der Waals surface area (Å²) in [7, 11) is 3.24. The first-order valence-electron chi connectivity index (χ1n) is 9.64. The van der Waals surface area contributed by atoms with Crippen molar-refractivity contribution < 1.29 is 14.0 Å². The number of hydrogen-bond acceptors (Lipinski definition) is 5. The van der Waals surface area contributed by atoms with Crippen molar-refractivity contribution in [1.29, 1.82) is 0 Å². The van der Waals surface area contributed by atoms with Crippen LogP contribution >= 0.6 is 0 Å². The highest BCUT2D eigenvalue weighted by molar-refractivity contribution is 5.92. The minimum atomic E-state index is -0.499. The molecule has 0 atom stereocenters. The van der Waals surface area contributed by atoms with E-state index >= 15 is 4.39 Å². The molecule has 0 saturated carbocycles. The van der Waals surface area contributed by atoms with E-state index in [4.69, 9.17) is 0 Å². The molecule has 4 rings (SSSR count). The zero-order valence-electron chi connectivity index (χ0n) is 16.8. The monoisotopic (exact) mass is 411 g/mol. The Labute approximate surface area is 172 Å². The summed E-state index contributed by atoms with van der Waals surface area (Å²) in [6.45, 7) is 1.37. The van der Waals surface area contributed by atoms with Crippen molar-refractivity contribution in [2.45, 2.75) is 19.4 Å². The van der Waals surface area contributed by atoms with Crippen LogP contribution in [0.2, 0.25) is 0 Å². The van der Waals surface area contributed by atoms with Crippen molar-refractivity contribution in [2.75, 3.05) is 27.2 Å². The topological polar surface area (TPSA) is 88.6 Å². The Morgan fingerprint density at radius 1 is 1.27 bits per heavy atom. The second-order valence-corrected chi connectivity index (χ2v) is 7.34. The highest BCUT2D eigenvalue weighted by atomic mass is 19.1. The van der Waals surface area contributed by atoms with Crippen LogP contribution in [-0.4, -0.2) is 73.2 Å². The van der Waals surface area contributed by atoms with Gasteiger partial charge in [0.25, 0.3) is 5.91 Å². The standard InChI is InChI=1S/C20H22FN7O2/c1-25(2)20(30)16-13-28-17(23-16)6-5-15(19(28)21)14-4-3-9-26(12-14)18(29)7-10-27-11-8-22-24-27/h4-6,8,11,13H,3,7,9-10,12H2,1-2H3. The number of amides is 2. The predicted octanol–water partition coefficient (Wildman–Crippen LogP) is 1.47. The molecule has 0 unspecified atom stereocenters. The predicted molar refractivity (Wildman–Crippen MR) is 107 cm³/mol. The number of carbonyl (C=O) groups is 2. The summed E-state index contributed by atoms with van der Waals surface area (Å²) in [4.78, 5) is 32.1. The van der Waals surface area contributed by atoms with Crippen molar-refractivity contribution >= 4 is 23.0 Å². The Bertz CT molecular complexity index is 1120. The van der Waals surface area contributed by atoms with Gasteiger partial charge >= 0.3 is 0 Å². The fourth-order valence-corrected chi connectivity index (χ4v) is 3.47. The van der Waals surface area contributed by atoms with Crippen LogP contribution in [0.15, 0.2) is 36.8 Å². The number of hydrogen-bond donors (Lipinski definition) is 0. The summed E-state index contributed by atoms with van der Waals surface area (Å²) in [6.07, 6.45) is 7.58. The molecular weight excluding hydrogens is 389 g/mol. The number of halogens is 1. The maximum atomic E-state index is 15.2. The second-order valence-electron chi connectivity index (χ2n) is 7.34. The van der Waals surface area contributed by atoms with Crippen LogP contribution in [0.5, 0.6) is 0 Å². The van der Waals surface area contributed by atoms with E-state index in [2.05, 4.69) is 15.3 Å².